The van der Waals surface area contributed by atoms with Crippen LogP contribution in [0.1, 0.15) is 47.6 Å². The van der Waals surface area contributed by atoms with Gasteiger partial charge in [-0.15, -0.1) is 11.3 Å². The molecule has 8 nitrogen and oxygen atoms in total. The predicted octanol–water partition coefficient (Wildman–Crippen LogP) is 4.14. The number of anilines is 1. The molecule has 0 saturated carbocycles. The van der Waals surface area contributed by atoms with Gasteiger partial charge < -0.3 is 20.6 Å². The number of nitrogens with one attached hydrogen (secondary N) is 2. The Balaban J connectivity index is 1.37. The van der Waals surface area contributed by atoms with Crippen molar-refractivity contribution in [1.82, 2.24) is 15.2 Å². The van der Waals surface area contributed by atoms with Gasteiger partial charge in [0, 0.05) is 55.5 Å². The largest absolute Gasteiger partial charge is 0.508 e. The molecular formula is C26H27FN4O4S. The highest BCUT2D eigenvalue weighted by Crippen LogP contribution is 2.32. The molecule has 1 aromatic heterocycles. The minimum absolute atomic E-state index is 0.0186. The van der Waals surface area contributed by atoms with E-state index in [0.717, 1.165) is 17.8 Å². The molecule has 2 aromatic carbocycles. The predicted molar refractivity (Wildman–Crippen MR) is 135 cm³/mol. The fraction of sp³-hybridized carbons (Fsp3) is 0.308. The normalized spacial score (nSPS) is 13.9. The second kappa shape index (κ2) is 11.3. The molecule has 188 valence electrons. The minimum Gasteiger partial charge on any atom is -0.508 e. The molecule has 0 unspecified atom stereocenters. The van der Waals surface area contributed by atoms with Crippen LogP contribution in [0.4, 0.5) is 10.1 Å². The quantitative estimate of drug-likeness (QED) is 0.442. The maximum absolute atomic E-state index is 13.9. The smallest absolute Gasteiger partial charge is 0.275 e. The Morgan fingerprint density at radius 2 is 1.86 bits per heavy atom. The molecule has 0 aliphatic carbocycles. The van der Waals surface area contributed by atoms with E-state index in [4.69, 9.17) is 0 Å². The van der Waals surface area contributed by atoms with Gasteiger partial charge in [0.15, 0.2) is 0 Å². The van der Waals surface area contributed by atoms with E-state index in [-0.39, 0.29) is 35.6 Å². The van der Waals surface area contributed by atoms with Gasteiger partial charge in [0.05, 0.1) is 5.01 Å². The summed E-state index contributed by atoms with van der Waals surface area (Å²) in [6.07, 6.45) is 1.79. The number of phenolic OH excluding ortho intramolecular Hbond substituents is 1. The Hall–Kier alpha value is -3.79. The number of nitrogens with zero attached hydrogens (tertiary/aromatic N) is 2. The molecule has 0 atom stereocenters. The van der Waals surface area contributed by atoms with Crippen LogP contribution in [0, 0.1) is 5.82 Å². The lowest BCUT2D eigenvalue weighted by Crippen LogP contribution is -2.39. The second-order valence-corrected chi connectivity index (χ2v) is 9.54. The molecule has 4 rings (SSSR count). The number of halogens is 1. The fourth-order valence-electron chi connectivity index (χ4n) is 4.15. The summed E-state index contributed by atoms with van der Waals surface area (Å²) in [5.74, 6) is -0.710. The number of amides is 3. The van der Waals surface area contributed by atoms with Crippen molar-refractivity contribution in [3.8, 4) is 16.9 Å². The number of likely N-dealkylation sites (tertiary alicyclic amines) is 1. The van der Waals surface area contributed by atoms with E-state index < -0.39 is 11.7 Å². The van der Waals surface area contributed by atoms with Crippen molar-refractivity contribution in [3.05, 3.63) is 64.4 Å². The van der Waals surface area contributed by atoms with Gasteiger partial charge in [0.2, 0.25) is 11.8 Å². The standard InChI is InChI=1S/C26H27FN4O4S/c1-16(32)28-11-8-24(34)31-12-9-18(10-13-31)26-30-23(15-36-26)25(35)29-22-7-4-19(27)14-21(22)17-2-5-20(33)6-3-17/h2-7,14-15,18,33H,8-13H2,1H3,(H,28,32)(H,29,35). The Morgan fingerprint density at radius 1 is 1.14 bits per heavy atom. The Labute approximate surface area is 212 Å². The average Bonchev–Trinajstić information content (AvgIpc) is 3.36. The first-order chi connectivity index (χ1) is 17.3. The van der Waals surface area contributed by atoms with Crippen LogP contribution in [0.15, 0.2) is 47.8 Å². The molecule has 36 heavy (non-hydrogen) atoms. The monoisotopic (exact) mass is 510 g/mol. The van der Waals surface area contributed by atoms with Crippen molar-refractivity contribution in [1.29, 1.82) is 0 Å². The number of carbonyl (C=O) groups excluding carboxylic acids is 3. The first-order valence-corrected chi connectivity index (χ1v) is 12.6. The molecule has 1 fully saturated rings. The van der Waals surface area contributed by atoms with Gasteiger partial charge in [-0.3, -0.25) is 14.4 Å². The fourth-order valence-corrected chi connectivity index (χ4v) is 5.12. The van der Waals surface area contributed by atoms with Crippen LogP contribution in [0.5, 0.6) is 5.75 Å². The molecule has 0 radical (unpaired) electrons. The van der Waals surface area contributed by atoms with Crippen LogP contribution in [0.25, 0.3) is 11.1 Å². The van der Waals surface area contributed by atoms with Gasteiger partial charge in [0.1, 0.15) is 17.3 Å². The second-order valence-electron chi connectivity index (χ2n) is 8.65. The van der Waals surface area contributed by atoms with Gasteiger partial charge in [-0.1, -0.05) is 12.1 Å². The van der Waals surface area contributed by atoms with E-state index >= 15 is 0 Å². The first-order valence-electron chi connectivity index (χ1n) is 11.7. The molecule has 0 bridgehead atoms. The number of thiazole rings is 1. The highest BCUT2D eigenvalue weighted by Gasteiger charge is 2.26. The molecule has 3 N–H and O–H groups in total. The van der Waals surface area contributed by atoms with Crippen molar-refractivity contribution in [3.63, 3.8) is 0 Å². The van der Waals surface area contributed by atoms with Gasteiger partial charge in [-0.2, -0.15) is 0 Å². The van der Waals surface area contributed by atoms with Crippen LogP contribution >= 0.6 is 11.3 Å². The zero-order valence-electron chi connectivity index (χ0n) is 19.8. The van der Waals surface area contributed by atoms with E-state index in [1.54, 1.807) is 22.4 Å². The molecule has 10 heteroatoms. The number of piperidine rings is 1. The first kappa shape index (κ1) is 25.3. The summed E-state index contributed by atoms with van der Waals surface area (Å²) in [7, 11) is 0. The summed E-state index contributed by atoms with van der Waals surface area (Å²) in [4.78, 5) is 42.6. The van der Waals surface area contributed by atoms with E-state index in [2.05, 4.69) is 15.6 Å². The van der Waals surface area contributed by atoms with Crippen molar-refractivity contribution in [2.24, 2.45) is 0 Å². The third kappa shape index (κ3) is 6.25. The van der Waals surface area contributed by atoms with Crippen molar-refractivity contribution in [2.75, 3.05) is 25.0 Å². The molecule has 2 heterocycles. The maximum atomic E-state index is 13.9. The molecule has 3 aromatic rings. The summed E-state index contributed by atoms with van der Waals surface area (Å²) in [5.41, 5.74) is 1.87. The number of hydrogen-bond acceptors (Lipinski definition) is 6. The SMILES string of the molecule is CC(=O)NCCC(=O)N1CCC(c2nc(C(=O)Nc3ccc(F)cc3-c3ccc(O)cc3)cs2)CC1. The van der Waals surface area contributed by atoms with Crippen LogP contribution in [-0.2, 0) is 9.59 Å². The van der Waals surface area contributed by atoms with E-state index in [9.17, 15) is 23.9 Å². The van der Waals surface area contributed by atoms with E-state index in [1.165, 1.54) is 48.6 Å². The summed E-state index contributed by atoms with van der Waals surface area (Å²) < 4.78 is 13.9. The number of carbonyl (C=O) groups is 3. The van der Waals surface area contributed by atoms with E-state index in [0.29, 0.717) is 36.4 Å². The van der Waals surface area contributed by atoms with Crippen LogP contribution in [0.3, 0.4) is 0 Å². The Kier molecular flexibility index (Phi) is 7.94. The lowest BCUT2D eigenvalue weighted by atomic mass is 9.97. The number of aromatic hydroxyl groups is 1. The molecule has 1 aliphatic heterocycles. The van der Waals surface area contributed by atoms with Crippen LogP contribution in [-0.4, -0.2) is 52.3 Å². The Morgan fingerprint density at radius 3 is 2.56 bits per heavy atom. The number of aromatic nitrogens is 1. The molecule has 1 aliphatic rings. The number of phenols is 1. The lowest BCUT2D eigenvalue weighted by Gasteiger charge is -2.31. The third-order valence-corrected chi connectivity index (χ3v) is 7.08. The van der Waals surface area contributed by atoms with E-state index in [1.807, 2.05) is 0 Å². The van der Waals surface area contributed by atoms with Gasteiger partial charge >= 0.3 is 0 Å². The third-order valence-electron chi connectivity index (χ3n) is 6.07. The van der Waals surface area contributed by atoms with Gasteiger partial charge in [0.25, 0.3) is 5.91 Å². The highest BCUT2D eigenvalue weighted by molar-refractivity contribution is 7.10. The summed E-state index contributed by atoms with van der Waals surface area (Å²) in [5, 5.41) is 17.6. The van der Waals surface area contributed by atoms with Crippen molar-refractivity contribution in [2.45, 2.75) is 32.1 Å². The number of hydrogen-bond donors (Lipinski definition) is 3. The zero-order chi connectivity index (χ0) is 25.7. The number of benzene rings is 2. The molecule has 0 spiro atoms. The lowest BCUT2D eigenvalue weighted by molar-refractivity contribution is -0.132. The van der Waals surface area contributed by atoms with Gasteiger partial charge in [-0.25, -0.2) is 9.37 Å². The maximum Gasteiger partial charge on any atom is 0.275 e. The molecular weight excluding hydrogens is 483 g/mol. The van der Waals surface area contributed by atoms with Crippen molar-refractivity contribution >= 4 is 34.7 Å². The van der Waals surface area contributed by atoms with Crippen LogP contribution in [0.2, 0.25) is 0 Å². The number of rotatable bonds is 7. The van der Waals surface area contributed by atoms with Crippen molar-refractivity contribution < 1.29 is 23.9 Å². The summed E-state index contributed by atoms with van der Waals surface area (Å²) in [6.45, 7) is 2.97. The zero-order valence-corrected chi connectivity index (χ0v) is 20.6. The Bertz CT molecular complexity index is 1250. The highest BCUT2D eigenvalue weighted by atomic mass is 32.1. The summed E-state index contributed by atoms with van der Waals surface area (Å²) in [6, 6.07) is 10.4. The topological polar surface area (TPSA) is 112 Å². The van der Waals surface area contributed by atoms with Gasteiger partial charge in [-0.05, 0) is 48.7 Å². The molecule has 1 saturated heterocycles. The average molecular weight is 511 g/mol. The summed E-state index contributed by atoms with van der Waals surface area (Å²) >= 11 is 1.42. The minimum atomic E-state index is -0.438. The van der Waals surface area contributed by atoms with Crippen LogP contribution < -0.4 is 10.6 Å². The molecule has 3 amide bonds.